The fourth-order valence-corrected chi connectivity index (χ4v) is 6.03. The highest BCUT2D eigenvalue weighted by molar-refractivity contribution is 9.10. The van der Waals surface area contributed by atoms with Crippen molar-refractivity contribution in [2.24, 2.45) is 0 Å². The zero-order valence-corrected chi connectivity index (χ0v) is 20.4. The van der Waals surface area contributed by atoms with Gasteiger partial charge in [0, 0.05) is 28.7 Å². The molecule has 35 heavy (non-hydrogen) atoms. The van der Waals surface area contributed by atoms with Crippen molar-refractivity contribution in [3.05, 3.63) is 94.2 Å². The topological polar surface area (TPSA) is 82.2 Å². The van der Waals surface area contributed by atoms with Crippen molar-refractivity contribution < 1.29 is 26.5 Å². The lowest BCUT2D eigenvalue weighted by atomic mass is 10.1. The first kappa shape index (κ1) is 23.4. The first-order valence-corrected chi connectivity index (χ1v) is 13.0. The van der Waals surface area contributed by atoms with Crippen LogP contribution < -0.4 is 0 Å². The predicted octanol–water partition coefficient (Wildman–Crippen LogP) is 5.46. The van der Waals surface area contributed by atoms with Gasteiger partial charge in [-0.25, -0.2) is 17.2 Å². The summed E-state index contributed by atoms with van der Waals surface area (Å²) in [4.78, 5) is 12.4. The van der Waals surface area contributed by atoms with Gasteiger partial charge in [0.05, 0.1) is 27.9 Å². The fourth-order valence-electron chi connectivity index (χ4n) is 4.10. The number of carbonyl (C=O) groups excluding carboxylic acids is 1. The van der Waals surface area contributed by atoms with Crippen molar-refractivity contribution in [1.82, 2.24) is 9.72 Å². The maximum atomic E-state index is 14.8. The number of ketones is 1. The van der Waals surface area contributed by atoms with E-state index < -0.39 is 33.0 Å². The third-order valence-corrected chi connectivity index (χ3v) is 7.78. The van der Waals surface area contributed by atoms with Gasteiger partial charge in [-0.1, -0.05) is 45.4 Å². The zero-order valence-electron chi connectivity index (χ0n) is 18.0. The molecule has 2 aromatic heterocycles. The number of fused-ring (bicyclic) bond motifs is 2. The number of hydrogen-bond donors (Lipinski definition) is 0. The highest BCUT2D eigenvalue weighted by atomic mass is 79.9. The van der Waals surface area contributed by atoms with E-state index in [0.29, 0.717) is 22.7 Å². The Labute approximate surface area is 207 Å². The van der Waals surface area contributed by atoms with Crippen LogP contribution in [0.3, 0.4) is 0 Å². The van der Waals surface area contributed by atoms with Crippen molar-refractivity contribution in [1.29, 1.82) is 0 Å². The van der Waals surface area contributed by atoms with Crippen LogP contribution in [0.1, 0.15) is 11.3 Å². The molecule has 5 aromatic rings. The molecule has 10 heteroatoms. The van der Waals surface area contributed by atoms with E-state index in [1.165, 1.54) is 10.8 Å². The molecular weight excluding hydrogens is 542 g/mol. The number of sulfone groups is 1. The number of aromatic nitrogens is 2. The number of halogens is 3. The summed E-state index contributed by atoms with van der Waals surface area (Å²) in [6.07, 6.45) is 0.992. The second-order valence-corrected chi connectivity index (χ2v) is 11.0. The van der Waals surface area contributed by atoms with Crippen molar-refractivity contribution >= 4 is 53.4 Å². The van der Waals surface area contributed by atoms with E-state index in [-0.39, 0.29) is 28.8 Å². The van der Waals surface area contributed by atoms with E-state index in [2.05, 4.69) is 21.1 Å². The molecule has 0 bridgehead atoms. The maximum Gasteiger partial charge on any atom is 0.187 e. The number of hydrogen-bond acceptors (Lipinski definition) is 5. The number of nitrogens with zero attached hydrogens (tertiary/aromatic N) is 2. The first-order valence-electron chi connectivity index (χ1n) is 10.5. The largest absolute Gasteiger partial charge is 0.356 e. The Morgan fingerprint density at radius 2 is 1.86 bits per heavy atom. The SMILES string of the molecule is O=C(Cc1noc2ccccc12)CS(=O)(=O)c1cn(Cc2cccc(Br)c2)c2cc(F)cc(F)c12. The summed E-state index contributed by atoms with van der Waals surface area (Å²) < 4.78 is 62.9. The minimum atomic E-state index is -4.26. The Morgan fingerprint density at radius 1 is 1.06 bits per heavy atom. The normalized spacial score (nSPS) is 12.0. The Bertz CT molecular complexity index is 1710. The summed E-state index contributed by atoms with van der Waals surface area (Å²) in [5.41, 5.74) is 1.68. The molecule has 0 N–H and O–H groups in total. The van der Waals surface area contributed by atoms with Crippen LogP contribution in [0, 0.1) is 11.6 Å². The molecule has 3 aromatic carbocycles. The van der Waals surface area contributed by atoms with Crippen molar-refractivity contribution in [3.8, 4) is 0 Å². The van der Waals surface area contributed by atoms with E-state index in [9.17, 15) is 22.0 Å². The summed E-state index contributed by atoms with van der Waals surface area (Å²) in [5.74, 6) is -3.33. The van der Waals surface area contributed by atoms with Crippen LogP contribution in [0.4, 0.5) is 8.78 Å². The van der Waals surface area contributed by atoms with Crippen LogP contribution in [0.25, 0.3) is 21.9 Å². The van der Waals surface area contributed by atoms with Gasteiger partial charge >= 0.3 is 0 Å². The predicted molar refractivity (Wildman–Crippen MR) is 130 cm³/mol. The summed E-state index contributed by atoms with van der Waals surface area (Å²) in [6, 6.07) is 15.9. The summed E-state index contributed by atoms with van der Waals surface area (Å²) in [7, 11) is -4.26. The first-order chi connectivity index (χ1) is 16.7. The molecule has 0 aliphatic carbocycles. The molecule has 0 radical (unpaired) electrons. The van der Waals surface area contributed by atoms with Crippen molar-refractivity contribution in [2.75, 3.05) is 5.75 Å². The molecule has 0 aliphatic rings. The van der Waals surface area contributed by atoms with Crippen LogP contribution in [0.2, 0.25) is 0 Å². The third-order valence-electron chi connectivity index (χ3n) is 5.61. The number of Topliss-reactive ketones (excluding diaryl/α,β-unsaturated/α-hetero) is 1. The van der Waals surface area contributed by atoms with E-state index in [4.69, 9.17) is 4.52 Å². The molecule has 0 aliphatic heterocycles. The molecule has 0 unspecified atom stereocenters. The minimum Gasteiger partial charge on any atom is -0.356 e. The average molecular weight is 559 g/mol. The molecule has 2 heterocycles. The van der Waals surface area contributed by atoms with E-state index in [1.807, 2.05) is 18.2 Å². The summed E-state index contributed by atoms with van der Waals surface area (Å²) in [5, 5.41) is 4.24. The molecule has 6 nitrogen and oxygen atoms in total. The Kier molecular flexibility index (Phi) is 6.02. The highest BCUT2D eigenvalue weighted by Crippen LogP contribution is 2.31. The maximum absolute atomic E-state index is 14.8. The molecule has 0 fully saturated rings. The number of para-hydroxylation sites is 1. The average Bonchev–Trinajstić information content (AvgIpc) is 3.36. The monoisotopic (exact) mass is 558 g/mol. The van der Waals surface area contributed by atoms with Crippen LogP contribution in [-0.2, 0) is 27.6 Å². The Balaban J connectivity index is 1.50. The minimum absolute atomic E-state index is 0.0796. The lowest BCUT2D eigenvalue weighted by Gasteiger charge is -2.06. The number of rotatable bonds is 7. The lowest BCUT2D eigenvalue weighted by molar-refractivity contribution is -0.116. The summed E-state index contributed by atoms with van der Waals surface area (Å²) in [6.45, 7) is 0.174. The molecule has 5 rings (SSSR count). The fraction of sp³-hybridized carbons (Fsp3) is 0.120. The van der Waals surface area contributed by atoms with Crippen molar-refractivity contribution in [2.45, 2.75) is 17.9 Å². The molecule has 0 spiro atoms. The van der Waals surface area contributed by atoms with Gasteiger partial charge in [-0.3, -0.25) is 4.79 Å². The quantitative estimate of drug-likeness (QED) is 0.265. The second kappa shape index (κ2) is 9.01. The van der Waals surface area contributed by atoms with Gasteiger partial charge in [0.15, 0.2) is 21.2 Å². The third kappa shape index (κ3) is 4.63. The van der Waals surface area contributed by atoms with Gasteiger partial charge in [-0.05, 0) is 35.9 Å². The van der Waals surface area contributed by atoms with E-state index >= 15 is 0 Å². The van der Waals surface area contributed by atoms with Crippen molar-refractivity contribution in [3.63, 3.8) is 0 Å². The van der Waals surface area contributed by atoms with Gasteiger partial charge in [0.1, 0.15) is 17.4 Å². The molecule has 178 valence electrons. The molecule has 0 atom stereocenters. The van der Waals surface area contributed by atoms with E-state index in [0.717, 1.165) is 16.1 Å². The Morgan fingerprint density at radius 3 is 2.66 bits per heavy atom. The smallest absolute Gasteiger partial charge is 0.187 e. The van der Waals surface area contributed by atoms with Crippen LogP contribution in [0.5, 0.6) is 0 Å². The Hall–Kier alpha value is -3.37. The van der Waals surface area contributed by atoms with Gasteiger partial charge in [-0.2, -0.15) is 0 Å². The number of carbonyl (C=O) groups is 1. The van der Waals surface area contributed by atoms with Crippen LogP contribution in [0.15, 0.2) is 80.8 Å². The standard InChI is InChI=1S/C25H17BrF2N2O4S/c26-16-5-3-4-15(8-16)12-30-13-24(25-20(28)9-17(27)10-22(25)30)35(32,33)14-18(31)11-21-19-6-1-2-7-23(19)34-29-21/h1-10,13H,11-12,14H2. The van der Waals surface area contributed by atoms with E-state index in [1.54, 1.807) is 30.3 Å². The molecule has 0 saturated carbocycles. The van der Waals surface area contributed by atoms with Gasteiger partial charge in [0.25, 0.3) is 0 Å². The van der Waals surface area contributed by atoms with Gasteiger partial charge in [0.2, 0.25) is 0 Å². The summed E-state index contributed by atoms with van der Waals surface area (Å²) >= 11 is 3.38. The van der Waals surface area contributed by atoms with Crippen LogP contribution >= 0.6 is 15.9 Å². The van der Waals surface area contributed by atoms with Gasteiger partial charge < -0.3 is 9.09 Å². The second-order valence-electron chi connectivity index (χ2n) is 8.13. The van der Waals surface area contributed by atoms with Crippen LogP contribution in [-0.4, -0.2) is 29.7 Å². The molecule has 0 saturated heterocycles. The van der Waals surface area contributed by atoms with Gasteiger partial charge in [-0.15, -0.1) is 0 Å². The number of benzene rings is 3. The lowest BCUT2D eigenvalue weighted by Crippen LogP contribution is -2.18. The zero-order chi connectivity index (χ0) is 24.7. The molecular formula is C25H17BrF2N2O4S. The highest BCUT2D eigenvalue weighted by Gasteiger charge is 2.27. The molecule has 0 amide bonds.